The third-order valence-corrected chi connectivity index (χ3v) is 2.89. The Morgan fingerprint density at radius 2 is 2.21 bits per heavy atom. The number of nitrogens with zero attached hydrogens (tertiary/aromatic N) is 3. The lowest BCUT2D eigenvalue weighted by Gasteiger charge is -2.13. The zero-order valence-corrected chi connectivity index (χ0v) is 12.0. The molecule has 19 heavy (non-hydrogen) atoms. The second-order valence-corrected chi connectivity index (χ2v) is 5.92. The van der Waals surface area contributed by atoms with E-state index in [1.165, 1.54) is 0 Å². The van der Waals surface area contributed by atoms with Crippen LogP contribution in [0.1, 0.15) is 6.92 Å². The molecule has 0 saturated heterocycles. The number of hydrogen-bond donors (Lipinski definition) is 1. The number of nitrogens with one attached hydrogen (secondary N) is 1. The van der Waals surface area contributed by atoms with Crippen molar-refractivity contribution in [3.63, 3.8) is 0 Å². The normalized spacial score (nSPS) is 13.6. The lowest BCUT2D eigenvalue weighted by molar-refractivity contribution is -0.00857. The van der Waals surface area contributed by atoms with E-state index in [2.05, 4.69) is 15.0 Å². The van der Waals surface area contributed by atoms with Crippen LogP contribution in [0.5, 0.6) is 0 Å². The lowest BCUT2D eigenvalue weighted by atomic mass is 10.4. The second kappa shape index (κ2) is 8.20. The molecule has 110 valence electrons. The first kappa shape index (κ1) is 16.0. The molecule has 0 radical (unpaired) electrons. The van der Waals surface area contributed by atoms with Crippen LogP contribution in [0.25, 0.3) is 0 Å². The molecule has 0 aliphatic rings. The van der Waals surface area contributed by atoms with Crippen molar-refractivity contribution in [2.45, 2.75) is 19.6 Å². The van der Waals surface area contributed by atoms with E-state index in [0.29, 0.717) is 26.4 Å². The van der Waals surface area contributed by atoms with Gasteiger partial charge >= 0.3 is 0 Å². The summed E-state index contributed by atoms with van der Waals surface area (Å²) in [5, 5.41) is 7.50. The molecule has 0 aliphatic carbocycles. The lowest BCUT2D eigenvalue weighted by Crippen LogP contribution is -2.27. The Balaban J connectivity index is 1.97. The summed E-state index contributed by atoms with van der Waals surface area (Å²) < 4.78 is 36.4. The molecule has 1 aromatic heterocycles. The second-order valence-electron chi connectivity index (χ2n) is 4.09. The summed E-state index contributed by atoms with van der Waals surface area (Å²) >= 11 is 0. The third-order valence-electron chi connectivity index (χ3n) is 2.16. The van der Waals surface area contributed by atoms with Gasteiger partial charge in [-0.05, 0) is 6.92 Å². The topological polar surface area (TPSA) is 95.3 Å². The van der Waals surface area contributed by atoms with E-state index in [4.69, 9.17) is 9.47 Å². The van der Waals surface area contributed by atoms with Gasteiger partial charge in [-0.1, -0.05) is 5.21 Å². The maximum Gasteiger partial charge on any atom is 0.208 e. The number of ether oxygens (including phenoxy) is 2. The Morgan fingerprint density at radius 1 is 1.42 bits per heavy atom. The highest BCUT2D eigenvalue weighted by Crippen LogP contribution is 1.93. The molecule has 0 spiro atoms. The van der Waals surface area contributed by atoms with Gasteiger partial charge in [0, 0.05) is 12.7 Å². The minimum absolute atomic E-state index is 0.0539. The molecule has 8 nitrogen and oxygen atoms in total. The van der Waals surface area contributed by atoms with E-state index in [9.17, 15) is 8.42 Å². The third kappa shape index (κ3) is 8.65. The van der Waals surface area contributed by atoms with Crippen molar-refractivity contribution in [3.8, 4) is 0 Å². The summed E-state index contributed by atoms with van der Waals surface area (Å²) in [6, 6.07) is 0. The van der Waals surface area contributed by atoms with Crippen LogP contribution in [0.2, 0.25) is 0 Å². The first-order chi connectivity index (χ1) is 8.97. The van der Waals surface area contributed by atoms with Gasteiger partial charge in [-0.2, -0.15) is 0 Å². The Hall–Kier alpha value is -1.03. The van der Waals surface area contributed by atoms with Crippen molar-refractivity contribution in [1.82, 2.24) is 19.7 Å². The molecule has 1 unspecified atom stereocenters. The highest BCUT2D eigenvalue weighted by atomic mass is 32.2. The standard InChI is InChI=1S/C10H20N4O4S/c1-10(9-17-7-4-12-19(2,15)16)18-8-6-14-5-3-11-13-14/h3,5,10,12H,4,6-9H2,1-2H3. The van der Waals surface area contributed by atoms with E-state index < -0.39 is 10.0 Å². The molecule has 0 aromatic carbocycles. The van der Waals surface area contributed by atoms with Gasteiger partial charge in [0.15, 0.2) is 0 Å². The van der Waals surface area contributed by atoms with Gasteiger partial charge in [-0.25, -0.2) is 13.1 Å². The van der Waals surface area contributed by atoms with Gasteiger partial charge in [0.1, 0.15) is 0 Å². The Morgan fingerprint density at radius 3 is 2.84 bits per heavy atom. The van der Waals surface area contributed by atoms with Gasteiger partial charge in [0.05, 0.1) is 44.9 Å². The van der Waals surface area contributed by atoms with Crippen LogP contribution in [0.3, 0.4) is 0 Å². The van der Waals surface area contributed by atoms with Gasteiger partial charge < -0.3 is 9.47 Å². The number of sulfonamides is 1. The first-order valence-electron chi connectivity index (χ1n) is 5.95. The number of aromatic nitrogens is 3. The van der Waals surface area contributed by atoms with Crippen molar-refractivity contribution >= 4 is 10.0 Å². The number of rotatable bonds is 10. The van der Waals surface area contributed by atoms with Gasteiger partial charge in [0.2, 0.25) is 10.0 Å². The van der Waals surface area contributed by atoms with Crippen molar-refractivity contribution in [2.24, 2.45) is 0 Å². The largest absolute Gasteiger partial charge is 0.377 e. The summed E-state index contributed by atoms with van der Waals surface area (Å²) in [7, 11) is -3.14. The molecule has 1 aromatic rings. The van der Waals surface area contributed by atoms with Crippen molar-refractivity contribution in [1.29, 1.82) is 0 Å². The fraction of sp³-hybridized carbons (Fsp3) is 0.800. The van der Waals surface area contributed by atoms with Crippen molar-refractivity contribution < 1.29 is 17.9 Å². The maximum absolute atomic E-state index is 10.8. The van der Waals surface area contributed by atoms with E-state index in [-0.39, 0.29) is 12.6 Å². The quantitative estimate of drug-likeness (QED) is 0.570. The smallest absolute Gasteiger partial charge is 0.208 e. The van der Waals surface area contributed by atoms with Crippen LogP contribution in [0.15, 0.2) is 12.4 Å². The average Bonchev–Trinajstić information content (AvgIpc) is 2.80. The molecule has 1 N–H and O–H groups in total. The highest BCUT2D eigenvalue weighted by Gasteiger charge is 2.03. The Kier molecular flexibility index (Phi) is 6.92. The predicted molar refractivity (Wildman–Crippen MR) is 69.1 cm³/mol. The Labute approximate surface area is 113 Å². The molecule has 9 heteroatoms. The molecule has 0 amide bonds. The van der Waals surface area contributed by atoms with E-state index >= 15 is 0 Å². The van der Waals surface area contributed by atoms with Gasteiger partial charge in [0.25, 0.3) is 0 Å². The van der Waals surface area contributed by atoms with Crippen LogP contribution in [-0.4, -0.2) is 62.1 Å². The molecule has 0 bridgehead atoms. The van der Waals surface area contributed by atoms with Crippen LogP contribution in [0, 0.1) is 0 Å². The minimum atomic E-state index is -3.14. The van der Waals surface area contributed by atoms with E-state index in [1.54, 1.807) is 17.1 Å². The monoisotopic (exact) mass is 292 g/mol. The van der Waals surface area contributed by atoms with E-state index in [1.807, 2.05) is 6.92 Å². The van der Waals surface area contributed by atoms with Gasteiger partial charge in [-0.3, -0.25) is 4.68 Å². The SMILES string of the molecule is CC(COCCNS(C)(=O)=O)OCCn1ccnn1. The van der Waals surface area contributed by atoms with Crippen LogP contribution in [-0.2, 0) is 26.0 Å². The molecule has 0 aliphatic heterocycles. The van der Waals surface area contributed by atoms with E-state index in [0.717, 1.165) is 6.26 Å². The fourth-order valence-electron chi connectivity index (χ4n) is 1.30. The van der Waals surface area contributed by atoms with Crippen LogP contribution < -0.4 is 4.72 Å². The Bertz CT molecular complexity index is 434. The molecule has 1 atom stereocenters. The molecule has 1 rings (SSSR count). The molecular weight excluding hydrogens is 272 g/mol. The molecule has 0 saturated carbocycles. The highest BCUT2D eigenvalue weighted by molar-refractivity contribution is 7.88. The van der Waals surface area contributed by atoms with Gasteiger partial charge in [-0.15, -0.1) is 5.10 Å². The van der Waals surface area contributed by atoms with Crippen molar-refractivity contribution in [2.75, 3.05) is 32.6 Å². The molecule has 0 fully saturated rings. The summed E-state index contributed by atoms with van der Waals surface area (Å²) in [6.45, 7) is 4.07. The summed E-state index contributed by atoms with van der Waals surface area (Å²) in [4.78, 5) is 0. The fourth-order valence-corrected chi connectivity index (χ4v) is 1.75. The zero-order valence-electron chi connectivity index (χ0n) is 11.2. The zero-order chi connectivity index (χ0) is 14.1. The first-order valence-corrected chi connectivity index (χ1v) is 7.84. The van der Waals surface area contributed by atoms with Crippen LogP contribution >= 0.6 is 0 Å². The molecule has 1 heterocycles. The average molecular weight is 292 g/mol. The summed E-state index contributed by atoms with van der Waals surface area (Å²) in [5.41, 5.74) is 0. The predicted octanol–water partition coefficient (Wildman–Crippen LogP) is -0.751. The number of hydrogen-bond acceptors (Lipinski definition) is 6. The van der Waals surface area contributed by atoms with Crippen LogP contribution in [0.4, 0.5) is 0 Å². The minimum Gasteiger partial charge on any atom is -0.377 e. The summed E-state index contributed by atoms with van der Waals surface area (Å²) in [6.07, 6.45) is 4.44. The molecular formula is C10H20N4O4S. The summed E-state index contributed by atoms with van der Waals surface area (Å²) in [5.74, 6) is 0. The van der Waals surface area contributed by atoms with Crippen molar-refractivity contribution in [3.05, 3.63) is 12.4 Å². The maximum atomic E-state index is 10.8.